The first-order chi connectivity index (χ1) is 15.2. The number of imidazole rings is 1. The number of aromatic nitrogens is 3. The Labute approximate surface area is 178 Å². The number of nitrogens with zero attached hydrogens (tertiary/aromatic N) is 3. The molecule has 2 heterocycles. The molecule has 5 rings (SSSR count). The van der Waals surface area contributed by atoms with Crippen LogP contribution in [-0.4, -0.2) is 25.6 Å². The lowest BCUT2D eigenvalue weighted by molar-refractivity contribution is 0.0697. The molecular formula is C25H19N3O3. The SMILES string of the molecule is O=C(O)c1ccc(CCn2cnc3c(Oc4ccccc4)nc4ccccc4c32)cc1. The van der Waals surface area contributed by atoms with Gasteiger partial charge in [0.25, 0.3) is 0 Å². The summed E-state index contributed by atoms with van der Waals surface area (Å²) in [6, 6.07) is 24.5. The van der Waals surface area contributed by atoms with Crippen LogP contribution >= 0.6 is 0 Å². The standard InChI is InChI=1S/C25H19N3O3/c29-25(30)18-12-10-17(11-13-18)14-15-28-16-26-22-23(28)20-8-4-5-9-21(20)27-24(22)31-19-6-2-1-3-7-19/h1-13,16H,14-15H2,(H,29,30). The number of benzene rings is 3. The van der Waals surface area contributed by atoms with Crippen LogP contribution in [0.2, 0.25) is 0 Å². The minimum Gasteiger partial charge on any atom is -0.478 e. The van der Waals surface area contributed by atoms with Gasteiger partial charge in [0.2, 0.25) is 5.88 Å². The van der Waals surface area contributed by atoms with Gasteiger partial charge in [-0.15, -0.1) is 0 Å². The Bertz CT molecular complexity index is 1380. The molecule has 6 heteroatoms. The number of aryl methyl sites for hydroxylation is 2. The van der Waals surface area contributed by atoms with Crippen molar-refractivity contribution in [2.24, 2.45) is 0 Å². The monoisotopic (exact) mass is 409 g/mol. The van der Waals surface area contributed by atoms with E-state index >= 15 is 0 Å². The molecule has 0 radical (unpaired) electrons. The van der Waals surface area contributed by atoms with Crippen molar-refractivity contribution >= 4 is 27.9 Å². The number of hydrogen-bond donors (Lipinski definition) is 1. The number of carboxylic acid groups (broad SMARTS) is 1. The first kappa shape index (κ1) is 18.8. The molecule has 152 valence electrons. The molecule has 6 nitrogen and oxygen atoms in total. The number of carboxylic acids is 1. The summed E-state index contributed by atoms with van der Waals surface area (Å²) >= 11 is 0. The fraction of sp³-hybridized carbons (Fsp3) is 0.0800. The van der Waals surface area contributed by atoms with Crippen LogP contribution in [0.4, 0.5) is 0 Å². The molecule has 0 spiro atoms. The molecule has 0 unspecified atom stereocenters. The lowest BCUT2D eigenvalue weighted by Crippen LogP contribution is -2.02. The number of aromatic carboxylic acids is 1. The predicted molar refractivity (Wildman–Crippen MR) is 119 cm³/mol. The van der Waals surface area contributed by atoms with Gasteiger partial charge in [0.05, 0.1) is 22.9 Å². The second-order valence-electron chi connectivity index (χ2n) is 7.24. The smallest absolute Gasteiger partial charge is 0.335 e. The van der Waals surface area contributed by atoms with E-state index in [4.69, 9.17) is 14.8 Å². The molecule has 0 aliphatic carbocycles. The Balaban J connectivity index is 1.52. The molecule has 3 aromatic carbocycles. The van der Waals surface area contributed by atoms with Gasteiger partial charge in [-0.05, 0) is 42.3 Å². The minimum absolute atomic E-state index is 0.289. The van der Waals surface area contributed by atoms with Crippen LogP contribution in [0, 0.1) is 0 Å². The van der Waals surface area contributed by atoms with Gasteiger partial charge in [-0.1, -0.05) is 48.5 Å². The van der Waals surface area contributed by atoms with Crippen molar-refractivity contribution in [3.63, 3.8) is 0 Å². The van der Waals surface area contributed by atoms with Gasteiger partial charge in [0.1, 0.15) is 5.75 Å². The summed E-state index contributed by atoms with van der Waals surface area (Å²) in [5, 5.41) is 10.1. The molecule has 0 amide bonds. The van der Waals surface area contributed by atoms with Crippen molar-refractivity contribution in [1.82, 2.24) is 14.5 Å². The molecule has 5 aromatic rings. The van der Waals surface area contributed by atoms with Crippen LogP contribution in [0.5, 0.6) is 11.6 Å². The third kappa shape index (κ3) is 3.71. The zero-order valence-electron chi connectivity index (χ0n) is 16.6. The maximum absolute atomic E-state index is 11.1. The first-order valence-corrected chi connectivity index (χ1v) is 9.98. The number of ether oxygens (including phenoxy) is 1. The molecule has 0 saturated heterocycles. The molecule has 2 aromatic heterocycles. The number of hydrogen-bond acceptors (Lipinski definition) is 4. The molecule has 0 saturated carbocycles. The van der Waals surface area contributed by atoms with E-state index in [1.807, 2.05) is 73.1 Å². The summed E-state index contributed by atoms with van der Waals surface area (Å²) in [6.07, 6.45) is 2.55. The lowest BCUT2D eigenvalue weighted by atomic mass is 10.1. The molecule has 31 heavy (non-hydrogen) atoms. The van der Waals surface area contributed by atoms with E-state index < -0.39 is 5.97 Å². The van der Waals surface area contributed by atoms with E-state index in [9.17, 15) is 4.79 Å². The van der Waals surface area contributed by atoms with Crippen LogP contribution in [0.25, 0.3) is 21.9 Å². The zero-order valence-corrected chi connectivity index (χ0v) is 16.6. The Morgan fingerprint density at radius 3 is 2.45 bits per heavy atom. The topological polar surface area (TPSA) is 77.2 Å². The Morgan fingerprint density at radius 1 is 0.935 bits per heavy atom. The Morgan fingerprint density at radius 2 is 1.68 bits per heavy atom. The van der Waals surface area contributed by atoms with Crippen LogP contribution in [0.1, 0.15) is 15.9 Å². The number of pyridine rings is 1. The van der Waals surface area contributed by atoms with Crippen LogP contribution in [0.15, 0.2) is 85.2 Å². The average Bonchev–Trinajstić information content (AvgIpc) is 3.23. The van der Waals surface area contributed by atoms with Gasteiger partial charge in [-0.3, -0.25) is 0 Å². The van der Waals surface area contributed by atoms with Gasteiger partial charge in [-0.25, -0.2) is 14.8 Å². The zero-order chi connectivity index (χ0) is 21.2. The fourth-order valence-corrected chi connectivity index (χ4v) is 3.66. The second-order valence-corrected chi connectivity index (χ2v) is 7.24. The third-order valence-electron chi connectivity index (χ3n) is 5.22. The molecule has 0 atom stereocenters. The van der Waals surface area contributed by atoms with Crippen LogP contribution in [-0.2, 0) is 13.0 Å². The highest BCUT2D eigenvalue weighted by Crippen LogP contribution is 2.32. The van der Waals surface area contributed by atoms with Gasteiger partial charge in [-0.2, -0.15) is 0 Å². The lowest BCUT2D eigenvalue weighted by Gasteiger charge is -2.10. The highest BCUT2D eigenvalue weighted by Gasteiger charge is 2.15. The quantitative estimate of drug-likeness (QED) is 0.411. The normalized spacial score (nSPS) is 11.1. The highest BCUT2D eigenvalue weighted by molar-refractivity contribution is 6.04. The summed E-state index contributed by atoms with van der Waals surface area (Å²) in [5.41, 5.74) is 3.87. The van der Waals surface area contributed by atoms with Gasteiger partial charge in [0, 0.05) is 11.9 Å². The van der Waals surface area contributed by atoms with Gasteiger partial charge >= 0.3 is 5.97 Å². The fourth-order valence-electron chi connectivity index (χ4n) is 3.66. The molecule has 1 N–H and O–H groups in total. The van der Waals surface area contributed by atoms with Crippen LogP contribution < -0.4 is 4.74 Å². The summed E-state index contributed by atoms with van der Waals surface area (Å²) in [6.45, 7) is 0.696. The van der Waals surface area contributed by atoms with Gasteiger partial charge in [0.15, 0.2) is 5.52 Å². The molecule has 0 aliphatic rings. The van der Waals surface area contributed by atoms with Crippen LogP contribution in [0.3, 0.4) is 0 Å². The number of para-hydroxylation sites is 2. The summed E-state index contributed by atoms with van der Waals surface area (Å²) in [4.78, 5) is 20.4. The van der Waals surface area contributed by atoms with E-state index in [-0.39, 0.29) is 5.56 Å². The summed E-state index contributed by atoms with van der Waals surface area (Å²) in [5.74, 6) is 0.265. The molecule has 0 fully saturated rings. The van der Waals surface area contributed by atoms with Gasteiger partial charge < -0.3 is 14.4 Å². The van der Waals surface area contributed by atoms with Crippen molar-refractivity contribution in [3.8, 4) is 11.6 Å². The Kier molecular flexibility index (Phi) is 4.80. The van der Waals surface area contributed by atoms with Crippen molar-refractivity contribution in [2.45, 2.75) is 13.0 Å². The van der Waals surface area contributed by atoms with Crippen molar-refractivity contribution in [2.75, 3.05) is 0 Å². The Hall–Kier alpha value is -4.19. The van der Waals surface area contributed by atoms with E-state index in [1.165, 1.54) is 0 Å². The number of rotatable bonds is 6. The highest BCUT2D eigenvalue weighted by atomic mass is 16.5. The van der Waals surface area contributed by atoms with Crippen molar-refractivity contribution in [1.29, 1.82) is 0 Å². The number of carbonyl (C=O) groups is 1. The van der Waals surface area contributed by atoms with Crippen molar-refractivity contribution in [3.05, 3.63) is 96.3 Å². The minimum atomic E-state index is -0.919. The average molecular weight is 409 g/mol. The summed E-state index contributed by atoms with van der Waals surface area (Å²) < 4.78 is 8.17. The maximum atomic E-state index is 11.1. The summed E-state index contributed by atoms with van der Waals surface area (Å²) in [7, 11) is 0. The van der Waals surface area contributed by atoms with E-state index in [0.29, 0.717) is 23.7 Å². The second kappa shape index (κ2) is 7.91. The first-order valence-electron chi connectivity index (χ1n) is 9.98. The largest absolute Gasteiger partial charge is 0.478 e. The third-order valence-corrected chi connectivity index (χ3v) is 5.22. The molecular weight excluding hydrogens is 390 g/mol. The predicted octanol–water partition coefficient (Wildman–Crippen LogP) is 5.32. The van der Waals surface area contributed by atoms with E-state index in [1.54, 1.807) is 12.1 Å². The van der Waals surface area contributed by atoms with Crippen molar-refractivity contribution < 1.29 is 14.6 Å². The molecule has 0 aliphatic heterocycles. The molecule has 0 bridgehead atoms. The van der Waals surface area contributed by atoms with E-state index in [2.05, 4.69) is 9.55 Å². The number of fused-ring (bicyclic) bond motifs is 3. The van der Waals surface area contributed by atoms with E-state index in [0.717, 1.165) is 28.4 Å². The maximum Gasteiger partial charge on any atom is 0.335 e.